The van der Waals surface area contributed by atoms with Crippen molar-refractivity contribution in [3.05, 3.63) is 41.7 Å². The Morgan fingerprint density at radius 1 is 1.17 bits per heavy atom. The topological polar surface area (TPSA) is 58.3 Å². The molecule has 1 aromatic heterocycles. The molecular formula is C11H11ClN6. The SMILES string of the molecule is Clc1ccc(N2CNN=C2Cn2nccn2)cc1. The molecule has 1 aliphatic heterocycles. The van der Waals surface area contributed by atoms with Gasteiger partial charge in [0.1, 0.15) is 13.2 Å². The Kier molecular flexibility index (Phi) is 2.85. The predicted octanol–water partition coefficient (Wildman–Crippen LogP) is 1.31. The van der Waals surface area contributed by atoms with Crippen LogP contribution in [0.4, 0.5) is 5.69 Å². The minimum atomic E-state index is 0.530. The van der Waals surface area contributed by atoms with Gasteiger partial charge in [0, 0.05) is 10.7 Å². The van der Waals surface area contributed by atoms with Crippen LogP contribution in [0.15, 0.2) is 41.8 Å². The van der Waals surface area contributed by atoms with Crippen LogP contribution in [0.3, 0.4) is 0 Å². The summed E-state index contributed by atoms with van der Waals surface area (Å²) in [5.74, 6) is 0.869. The van der Waals surface area contributed by atoms with Crippen molar-refractivity contribution in [3.63, 3.8) is 0 Å². The number of hydrogen-bond acceptors (Lipinski definition) is 5. The molecule has 0 fully saturated rings. The first-order valence-electron chi connectivity index (χ1n) is 5.49. The van der Waals surface area contributed by atoms with Gasteiger partial charge in [0.15, 0.2) is 5.84 Å². The van der Waals surface area contributed by atoms with Crippen molar-refractivity contribution in [2.45, 2.75) is 6.54 Å². The molecule has 0 amide bonds. The highest BCUT2D eigenvalue weighted by Crippen LogP contribution is 2.19. The van der Waals surface area contributed by atoms with Gasteiger partial charge >= 0.3 is 0 Å². The second-order valence-corrected chi connectivity index (χ2v) is 4.24. The second kappa shape index (κ2) is 4.66. The molecule has 92 valence electrons. The molecule has 18 heavy (non-hydrogen) atoms. The molecular weight excluding hydrogens is 252 g/mol. The zero-order valence-corrected chi connectivity index (χ0v) is 10.2. The molecule has 2 heterocycles. The predicted molar refractivity (Wildman–Crippen MR) is 69.4 cm³/mol. The summed E-state index contributed by atoms with van der Waals surface area (Å²) in [6.45, 7) is 1.17. The molecule has 3 rings (SSSR count). The van der Waals surface area contributed by atoms with Gasteiger partial charge in [-0.15, -0.1) is 0 Å². The molecule has 6 nitrogen and oxygen atoms in total. The Balaban J connectivity index is 1.80. The number of anilines is 1. The van der Waals surface area contributed by atoms with Crippen LogP contribution in [0, 0.1) is 0 Å². The van der Waals surface area contributed by atoms with E-state index in [1.54, 1.807) is 17.2 Å². The van der Waals surface area contributed by atoms with Gasteiger partial charge in [0.05, 0.1) is 12.4 Å². The van der Waals surface area contributed by atoms with Gasteiger partial charge in [0.2, 0.25) is 0 Å². The molecule has 0 saturated heterocycles. The summed E-state index contributed by atoms with van der Waals surface area (Å²) in [7, 11) is 0. The quantitative estimate of drug-likeness (QED) is 0.906. The first kappa shape index (κ1) is 11.0. The fourth-order valence-corrected chi connectivity index (χ4v) is 1.91. The number of benzene rings is 1. The minimum Gasteiger partial charge on any atom is -0.307 e. The second-order valence-electron chi connectivity index (χ2n) is 3.81. The van der Waals surface area contributed by atoms with Gasteiger partial charge in [-0.05, 0) is 24.3 Å². The monoisotopic (exact) mass is 262 g/mol. The van der Waals surface area contributed by atoms with E-state index in [0.29, 0.717) is 13.2 Å². The molecule has 1 aromatic carbocycles. The van der Waals surface area contributed by atoms with Crippen LogP contribution in [-0.2, 0) is 6.54 Å². The molecule has 2 aromatic rings. The van der Waals surface area contributed by atoms with E-state index in [1.807, 2.05) is 24.3 Å². The van der Waals surface area contributed by atoms with Gasteiger partial charge in [-0.25, -0.2) is 0 Å². The first-order valence-corrected chi connectivity index (χ1v) is 5.87. The van der Waals surface area contributed by atoms with Crippen LogP contribution in [0.2, 0.25) is 5.02 Å². The summed E-state index contributed by atoms with van der Waals surface area (Å²) in [6.07, 6.45) is 3.30. The van der Waals surface area contributed by atoms with E-state index in [1.165, 1.54) is 0 Å². The summed E-state index contributed by atoms with van der Waals surface area (Å²) in [5, 5.41) is 13.1. The third-order valence-corrected chi connectivity index (χ3v) is 2.89. The van der Waals surface area contributed by atoms with Crippen molar-refractivity contribution >= 4 is 23.1 Å². The maximum atomic E-state index is 5.88. The number of amidine groups is 1. The molecule has 0 unspecified atom stereocenters. The Morgan fingerprint density at radius 2 is 1.89 bits per heavy atom. The van der Waals surface area contributed by atoms with Crippen LogP contribution in [0.5, 0.6) is 0 Å². The summed E-state index contributed by atoms with van der Waals surface area (Å²) < 4.78 is 0. The summed E-state index contributed by atoms with van der Waals surface area (Å²) in [6, 6.07) is 7.64. The first-order chi connectivity index (χ1) is 8.83. The maximum Gasteiger partial charge on any atom is 0.154 e. The van der Waals surface area contributed by atoms with Crippen molar-refractivity contribution < 1.29 is 0 Å². The van der Waals surface area contributed by atoms with Crippen molar-refractivity contribution in [1.29, 1.82) is 0 Å². The van der Waals surface area contributed by atoms with Gasteiger partial charge in [0.25, 0.3) is 0 Å². The van der Waals surface area contributed by atoms with E-state index >= 15 is 0 Å². The van der Waals surface area contributed by atoms with Gasteiger partial charge < -0.3 is 4.90 Å². The molecule has 0 spiro atoms. The van der Waals surface area contributed by atoms with E-state index in [-0.39, 0.29) is 0 Å². The maximum absolute atomic E-state index is 5.88. The number of nitrogens with zero attached hydrogens (tertiary/aromatic N) is 5. The van der Waals surface area contributed by atoms with Crippen LogP contribution < -0.4 is 10.3 Å². The highest BCUT2D eigenvalue weighted by molar-refractivity contribution is 6.30. The zero-order valence-electron chi connectivity index (χ0n) is 9.49. The van der Waals surface area contributed by atoms with E-state index in [2.05, 4.69) is 25.6 Å². The molecule has 7 heteroatoms. The highest BCUT2D eigenvalue weighted by atomic mass is 35.5. The van der Waals surface area contributed by atoms with Crippen molar-refractivity contribution in [2.75, 3.05) is 11.6 Å². The Labute approximate surface area is 109 Å². The highest BCUT2D eigenvalue weighted by Gasteiger charge is 2.19. The number of hydrogen-bond donors (Lipinski definition) is 1. The Morgan fingerprint density at radius 3 is 2.61 bits per heavy atom. The van der Waals surface area contributed by atoms with E-state index in [0.717, 1.165) is 16.5 Å². The Bertz CT molecular complexity index is 547. The summed E-state index contributed by atoms with van der Waals surface area (Å²) >= 11 is 5.88. The van der Waals surface area contributed by atoms with Crippen LogP contribution in [0.1, 0.15) is 0 Å². The summed E-state index contributed by atoms with van der Waals surface area (Å²) in [5.41, 5.74) is 4.00. The number of nitrogens with one attached hydrogen (secondary N) is 1. The molecule has 1 N–H and O–H groups in total. The Hall–Kier alpha value is -2.08. The summed E-state index contributed by atoms with van der Waals surface area (Å²) in [4.78, 5) is 3.65. The van der Waals surface area contributed by atoms with Crippen LogP contribution in [-0.4, -0.2) is 27.5 Å². The fourth-order valence-electron chi connectivity index (χ4n) is 1.78. The molecule has 0 bridgehead atoms. The van der Waals surface area contributed by atoms with Crippen LogP contribution in [0.25, 0.3) is 0 Å². The standard InChI is InChI=1S/C11H11ClN6/c12-9-1-3-10(4-2-9)17-8-13-16-11(17)7-18-14-5-6-15-18/h1-6,13H,7-8H2. The largest absolute Gasteiger partial charge is 0.307 e. The van der Waals surface area contributed by atoms with E-state index < -0.39 is 0 Å². The lowest BCUT2D eigenvalue weighted by Crippen LogP contribution is -2.32. The average Bonchev–Trinajstić information content (AvgIpc) is 3.02. The molecule has 0 saturated carbocycles. The van der Waals surface area contributed by atoms with Crippen LogP contribution >= 0.6 is 11.6 Å². The van der Waals surface area contributed by atoms with Crippen molar-refractivity contribution in [2.24, 2.45) is 5.10 Å². The van der Waals surface area contributed by atoms with Gasteiger partial charge in [-0.1, -0.05) is 11.6 Å². The number of halogens is 1. The zero-order chi connectivity index (χ0) is 12.4. The average molecular weight is 263 g/mol. The lowest BCUT2D eigenvalue weighted by Gasteiger charge is -2.18. The van der Waals surface area contributed by atoms with Gasteiger partial charge in [-0.3, -0.25) is 5.43 Å². The van der Waals surface area contributed by atoms with E-state index in [4.69, 9.17) is 11.6 Å². The third kappa shape index (κ3) is 2.14. The normalized spacial score (nSPS) is 14.5. The molecule has 0 radical (unpaired) electrons. The number of aromatic nitrogens is 3. The van der Waals surface area contributed by atoms with E-state index in [9.17, 15) is 0 Å². The van der Waals surface area contributed by atoms with Crippen molar-refractivity contribution in [1.82, 2.24) is 20.4 Å². The van der Waals surface area contributed by atoms with Gasteiger partial charge in [-0.2, -0.15) is 20.1 Å². The molecule has 0 atom stereocenters. The number of hydrazone groups is 1. The molecule has 1 aliphatic rings. The number of rotatable bonds is 3. The smallest absolute Gasteiger partial charge is 0.154 e. The minimum absolute atomic E-state index is 0.530. The third-order valence-electron chi connectivity index (χ3n) is 2.64. The van der Waals surface area contributed by atoms with Crippen molar-refractivity contribution in [3.8, 4) is 0 Å². The lowest BCUT2D eigenvalue weighted by molar-refractivity contribution is 0.616. The molecule has 0 aliphatic carbocycles. The fraction of sp³-hybridized carbons (Fsp3) is 0.182. The lowest BCUT2D eigenvalue weighted by atomic mass is 10.3.